The van der Waals surface area contributed by atoms with Crippen LogP contribution in [0.5, 0.6) is 0 Å². The van der Waals surface area contributed by atoms with E-state index in [1.54, 1.807) is 6.20 Å². The summed E-state index contributed by atoms with van der Waals surface area (Å²) in [6, 6.07) is 9.94. The highest BCUT2D eigenvalue weighted by Gasteiger charge is 2.18. The highest BCUT2D eigenvalue weighted by molar-refractivity contribution is 5.92. The molecule has 22 heavy (non-hydrogen) atoms. The zero-order valence-corrected chi connectivity index (χ0v) is 13.0. The Bertz CT molecular complexity index is 844. The molecule has 2 heterocycles. The lowest BCUT2D eigenvalue weighted by molar-refractivity contribution is 0.0525. The van der Waals surface area contributed by atoms with E-state index < -0.39 is 0 Å². The second kappa shape index (κ2) is 5.64. The van der Waals surface area contributed by atoms with Gasteiger partial charge in [-0.05, 0) is 38.5 Å². The van der Waals surface area contributed by atoms with Crippen LogP contribution in [0.3, 0.4) is 0 Å². The van der Waals surface area contributed by atoms with Crippen LogP contribution in [0.1, 0.15) is 28.5 Å². The van der Waals surface area contributed by atoms with Crippen molar-refractivity contribution in [3.05, 3.63) is 59.5 Å². The van der Waals surface area contributed by atoms with Crippen LogP contribution in [0.25, 0.3) is 16.6 Å². The Morgan fingerprint density at radius 3 is 2.77 bits per heavy atom. The number of para-hydroxylation sites is 1. The summed E-state index contributed by atoms with van der Waals surface area (Å²) >= 11 is 0. The molecule has 1 aromatic carbocycles. The number of aromatic nitrogens is 2. The lowest BCUT2D eigenvalue weighted by Gasteiger charge is -2.09. The average Bonchev–Trinajstić information content (AvgIpc) is 2.83. The van der Waals surface area contributed by atoms with Crippen molar-refractivity contribution in [3.8, 4) is 5.69 Å². The normalized spacial score (nSPS) is 10.9. The first-order valence-electron chi connectivity index (χ1n) is 7.33. The van der Waals surface area contributed by atoms with Crippen molar-refractivity contribution in [3.63, 3.8) is 0 Å². The summed E-state index contributed by atoms with van der Waals surface area (Å²) in [4.78, 5) is 16.5. The van der Waals surface area contributed by atoms with Crippen LogP contribution in [0.4, 0.5) is 0 Å². The smallest absolute Gasteiger partial charge is 0.339 e. The molecule has 0 radical (unpaired) electrons. The molecule has 0 atom stereocenters. The number of esters is 1. The summed E-state index contributed by atoms with van der Waals surface area (Å²) in [6.07, 6.45) is 3.64. The summed E-state index contributed by atoms with van der Waals surface area (Å²) in [6.45, 7) is 6.14. The van der Waals surface area contributed by atoms with Crippen molar-refractivity contribution in [1.82, 2.24) is 9.55 Å². The molecular formula is C18H18N2O2. The second-order valence-electron chi connectivity index (χ2n) is 5.19. The summed E-state index contributed by atoms with van der Waals surface area (Å²) in [5, 5.41) is 1.05. The van der Waals surface area contributed by atoms with Gasteiger partial charge >= 0.3 is 5.97 Å². The van der Waals surface area contributed by atoms with Crippen LogP contribution in [0.15, 0.2) is 42.7 Å². The minimum absolute atomic E-state index is 0.278. The number of carbonyl (C=O) groups excluding carboxylic acids is 1. The first kappa shape index (κ1) is 14.3. The van der Waals surface area contributed by atoms with Crippen LogP contribution in [0.2, 0.25) is 0 Å². The van der Waals surface area contributed by atoms with Crippen molar-refractivity contribution >= 4 is 16.9 Å². The van der Waals surface area contributed by atoms with E-state index >= 15 is 0 Å². The van der Waals surface area contributed by atoms with Gasteiger partial charge in [0.25, 0.3) is 0 Å². The van der Waals surface area contributed by atoms with Gasteiger partial charge in [0.2, 0.25) is 0 Å². The van der Waals surface area contributed by atoms with Crippen LogP contribution < -0.4 is 0 Å². The van der Waals surface area contributed by atoms with Gasteiger partial charge in [-0.25, -0.2) is 4.79 Å². The molecule has 0 unspecified atom stereocenters. The number of hydrogen-bond acceptors (Lipinski definition) is 3. The zero-order chi connectivity index (χ0) is 15.7. The Labute approximate surface area is 129 Å². The number of rotatable bonds is 3. The van der Waals surface area contributed by atoms with E-state index in [-0.39, 0.29) is 5.97 Å². The maximum atomic E-state index is 12.1. The number of pyridine rings is 1. The Hall–Kier alpha value is -2.62. The largest absolute Gasteiger partial charge is 0.462 e. The highest BCUT2D eigenvalue weighted by Crippen LogP contribution is 2.26. The Morgan fingerprint density at radius 2 is 2.00 bits per heavy atom. The molecule has 0 saturated heterocycles. The molecule has 2 aromatic heterocycles. The lowest BCUT2D eigenvalue weighted by Crippen LogP contribution is -2.04. The Morgan fingerprint density at radius 1 is 1.23 bits per heavy atom. The highest BCUT2D eigenvalue weighted by atomic mass is 16.5. The predicted molar refractivity (Wildman–Crippen MR) is 86.5 cm³/mol. The average molecular weight is 294 g/mol. The van der Waals surface area contributed by atoms with Crippen molar-refractivity contribution < 1.29 is 9.53 Å². The van der Waals surface area contributed by atoms with Gasteiger partial charge in [0.1, 0.15) is 0 Å². The number of benzene rings is 1. The molecule has 3 aromatic rings. The van der Waals surface area contributed by atoms with Crippen molar-refractivity contribution in [2.45, 2.75) is 20.8 Å². The third-order valence-electron chi connectivity index (χ3n) is 3.95. The number of fused-ring (bicyclic) bond motifs is 1. The van der Waals surface area contributed by atoms with Gasteiger partial charge in [-0.15, -0.1) is 0 Å². The molecule has 0 aliphatic rings. The molecular weight excluding hydrogens is 276 g/mol. The SMILES string of the molecule is CCOC(=O)c1cn(-c2ccnc3ccccc23)c(C)c1C. The van der Waals surface area contributed by atoms with Gasteiger partial charge in [0.05, 0.1) is 23.4 Å². The maximum absolute atomic E-state index is 12.1. The van der Waals surface area contributed by atoms with E-state index in [0.717, 1.165) is 27.8 Å². The molecule has 0 aliphatic carbocycles. The molecule has 4 nitrogen and oxygen atoms in total. The fraction of sp³-hybridized carbons (Fsp3) is 0.222. The van der Waals surface area contributed by atoms with Crippen molar-refractivity contribution in [2.24, 2.45) is 0 Å². The van der Waals surface area contributed by atoms with Crippen molar-refractivity contribution in [1.29, 1.82) is 0 Å². The number of hydrogen-bond donors (Lipinski definition) is 0. The van der Waals surface area contributed by atoms with Gasteiger partial charge < -0.3 is 9.30 Å². The zero-order valence-electron chi connectivity index (χ0n) is 13.0. The van der Waals surface area contributed by atoms with Crippen molar-refractivity contribution in [2.75, 3.05) is 6.61 Å². The molecule has 4 heteroatoms. The fourth-order valence-corrected chi connectivity index (χ4v) is 2.65. The molecule has 3 rings (SSSR count). The minimum Gasteiger partial charge on any atom is -0.462 e. The topological polar surface area (TPSA) is 44.1 Å². The quantitative estimate of drug-likeness (QED) is 0.690. The monoisotopic (exact) mass is 294 g/mol. The standard InChI is InChI=1S/C18H18N2O2/c1-4-22-18(21)15-11-20(13(3)12(15)2)17-9-10-19-16-8-6-5-7-14(16)17/h5-11H,4H2,1-3H3. The van der Waals surface area contributed by atoms with E-state index in [9.17, 15) is 4.79 Å². The molecule has 0 spiro atoms. The summed E-state index contributed by atoms with van der Waals surface area (Å²) in [5.41, 5.74) is 4.53. The van der Waals surface area contributed by atoms with Gasteiger partial charge in [0.15, 0.2) is 0 Å². The minimum atomic E-state index is -0.278. The second-order valence-corrected chi connectivity index (χ2v) is 5.19. The van der Waals surface area contributed by atoms with Gasteiger partial charge in [-0.1, -0.05) is 18.2 Å². The van der Waals surface area contributed by atoms with E-state index in [2.05, 4.69) is 4.98 Å². The molecule has 0 amide bonds. The van der Waals surface area contributed by atoms with Gasteiger partial charge in [-0.2, -0.15) is 0 Å². The van der Waals surface area contributed by atoms with Gasteiger partial charge in [-0.3, -0.25) is 4.98 Å². The summed E-state index contributed by atoms with van der Waals surface area (Å²) < 4.78 is 7.17. The molecule has 0 fully saturated rings. The lowest BCUT2D eigenvalue weighted by atomic mass is 10.1. The molecule has 112 valence electrons. The molecule has 0 saturated carbocycles. The van der Waals surface area contributed by atoms with Crippen LogP contribution in [0, 0.1) is 13.8 Å². The van der Waals surface area contributed by atoms with E-state index in [1.165, 1.54) is 0 Å². The number of ether oxygens (including phenoxy) is 1. The van der Waals surface area contributed by atoms with Crippen LogP contribution in [-0.4, -0.2) is 22.1 Å². The van der Waals surface area contributed by atoms with E-state index in [1.807, 2.05) is 61.9 Å². The summed E-state index contributed by atoms with van der Waals surface area (Å²) in [5.74, 6) is -0.278. The number of carbonyl (C=O) groups is 1. The first-order valence-corrected chi connectivity index (χ1v) is 7.33. The Balaban J connectivity index is 2.19. The third kappa shape index (κ3) is 2.26. The first-order chi connectivity index (χ1) is 10.6. The van der Waals surface area contributed by atoms with E-state index in [0.29, 0.717) is 12.2 Å². The fourth-order valence-electron chi connectivity index (χ4n) is 2.65. The predicted octanol–water partition coefficient (Wildman–Crippen LogP) is 3.82. The van der Waals surface area contributed by atoms with Crippen LogP contribution in [-0.2, 0) is 4.74 Å². The Kier molecular flexibility index (Phi) is 3.67. The van der Waals surface area contributed by atoms with E-state index in [4.69, 9.17) is 4.74 Å². The summed E-state index contributed by atoms with van der Waals surface area (Å²) in [7, 11) is 0. The molecule has 0 bridgehead atoms. The van der Waals surface area contributed by atoms with Gasteiger partial charge in [0, 0.05) is 23.5 Å². The van der Waals surface area contributed by atoms with Crippen LogP contribution >= 0.6 is 0 Å². The molecule has 0 N–H and O–H groups in total. The third-order valence-corrected chi connectivity index (χ3v) is 3.95. The number of nitrogens with zero attached hydrogens (tertiary/aromatic N) is 2. The molecule has 0 aliphatic heterocycles. The maximum Gasteiger partial charge on any atom is 0.339 e.